The predicted molar refractivity (Wildman–Crippen MR) is 63.5 cm³/mol. The monoisotopic (exact) mass is 241 g/mol. The average molecular weight is 241 g/mol. The summed E-state index contributed by atoms with van der Waals surface area (Å²) in [5, 5.41) is 0. The number of carbonyl (C=O) groups excluding carboxylic acids is 1. The Labute approximate surface area is 101 Å². The Bertz CT molecular complexity index is 359. The minimum Gasteiger partial charge on any atom is -0.489 e. The fraction of sp³-hybridized carbons (Fsp3) is 0.583. The molecule has 1 rings (SSSR count). The van der Waals surface area contributed by atoms with Gasteiger partial charge in [-0.2, -0.15) is 0 Å². The first-order valence-electron chi connectivity index (χ1n) is 5.73. The molecule has 0 saturated heterocycles. The highest BCUT2D eigenvalue weighted by molar-refractivity contribution is 5.88. The van der Waals surface area contributed by atoms with E-state index in [1.54, 1.807) is 20.1 Å². The number of carbonyl (C=O) groups is 1. The summed E-state index contributed by atoms with van der Waals surface area (Å²) in [6, 6.07) is 1.67. The molecule has 1 aromatic heterocycles. The number of nitrogens with one attached hydrogen (secondary N) is 1. The lowest BCUT2D eigenvalue weighted by atomic mass is 10.3. The smallest absolute Gasteiger partial charge is 0.354 e. The molecule has 1 heterocycles. The summed E-state index contributed by atoms with van der Waals surface area (Å²) in [4.78, 5) is 14.5. The normalized spacial score (nSPS) is 10.3. The van der Waals surface area contributed by atoms with Gasteiger partial charge in [-0.05, 0) is 13.3 Å². The topological polar surface area (TPSA) is 60.6 Å². The SMILES string of the molecule is CCOC(=O)c1cc(OCCOC)c(CC)[nH]1. The molecule has 5 nitrogen and oxygen atoms in total. The zero-order valence-electron chi connectivity index (χ0n) is 10.5. The van der Waals surface area contributed by atoms with Gasteiger partial charge in [0.05, 0.1) is 18.9 Å². The van der Waals surface area contributed by atoms with Crippen LogP contribution in [-0.4, -0.2) is 37.9 Å². The summed E-state index contributed by atoms with van der Waals surface area (Å²) < 4.78 is 15.3. The van der Waals surface area contributed by atoms with E-state index in [4.69, 9.17) is 14.2 Å². The number of rotatable bonds is 7. The van der Waals surface area contributed by atoms with Crippen molar-refractivity contribution in [3.63, 3.8) is 0 Å². The largest absolute Gasteiger partial charge is 0.489 e. The Morgan fingerprint density at radius 1 is 1.35 bits per heavy atom. The molecule has 0 saturated carbocycles. The Morgan fingerprint density at radius 3 is 2.71 bits per heavy atom. The van der Waals surface area contributed by atoms with Gasteiger partial charge in [0.25, 0.3) is 0 Å². The Morgan fingerprint density at radius 2 is 2.12 bits per heavy atom. The Kier molecular flexibility index (Phi) is 5.56. The third-order valence-electron chi connectivity index (χ3n) is 2.25. The number of aromatic amines is 1. The van der Waals surface area contributed by atoms with E-state index < -0.39 is 0 Å². The molecule has 0 aromatic carbocycles. The van der Waals surface area contributed by atoms with Crippen molar-refractivity contribution in [2.45, 2.75) is 20.3 Å². The molecule has 0 aliphatic rings. The maximum Gasteiger partial charge on any atom is 0.354 e. The molecule has 0 amide bonds. The molecule has 1 aromatic rings. The molecule has 0 fully saturated rings. The van der Waals surface area contributed by atoms with E-state index in [-0.39, 0.29) is 5.97 Å². The lowest BCUT2D eigenvalue weighted by Crippen LogP contribution is -2.05. The second kappa shape index (κ2) is 6.96. The van der Waals surface area contributed by atoms with Crippen LogP contribution in [0.4, 0.5) is 0 Å². The molecule has 0 unspecified atom stereocenters. The van der Waals surface area contributed by atoms with Gasteiger partial charge >= 0.3 is 5.97 Å². The van der Waals surface area contributed by atoms with Crippen LogP contribution in [0.3, 0.4) is 0 Å². The summed E-state index contributed by atoms with van der Waals surface area (Å²) in [7, 11) is 1.62. The highest BCUT2D eigenvalue weighted by atomic mass is 16.5. The van der Waals surface area contributed by atoms with E-state index in [0.717, 1.165) is 12.1 Å². The van der Waals surface area contributed by atoms with Crippen molar-refractivity contribution in [1.29, 1.82) is 0 Å². The Balaban J connectivity index is 2.72. The number of methoxy groups -OCH3 is 1. The van der Waals surface area contributed by atoms with Crippen LogP contribution >= 0.6 is 0 Å². The molecule has 96 valence electrons. The molecule has 1 N–H and O–H groups in total. The molecule has 0 spiro atoms. The molecule has 5 heteroatoms. The second-order valence-corrected chi connectivity index (χ2v) is 3.44. The van der Waals surface area contributed by atoms with E-state index in [1.165, 1.54) is 0 Å². The van der Waals surface area contributed by atoms with Crippen LogP contribution in [0, 0.1) is 0 Å². The van der Waals surface area contributed by atoms with Crippen molar-refractivity contribution in [2.75, 3.05) is 26.9 Å². The average Bonchev–Trinajstić information content (AvgIpc) is 2.73. The van der Waals surface area contributed by atoms with Crippen molar-refractivity contribution in [2.24, 2.45) is 0 Å². The number of hydrogen-bond acceptors (Lipinski definition) is 4. The second-order valence-electron chi connectivity index (χ2n) is 3.44. The van der Waals surface area contributed by atoms with Crippen LogP contribution in [-0.2, 0) is 15.9 Å². The van der Waals surface area contributed by atoms with E-state index in [2.05, 4.69) is 4.98 Å². The minimum absolute atomic E-state index is 0.358. The van der Waals surface area contributed by atoms with Crippen LogP contribution in [0.25, 0.3) is 0 Å². The van der Waals surface area contributed by atoms with Crippen LogP contribution < -0.4 is 4.74 Å². The van der Waals surface area contributed by atoms with Crippen LogP contribution in [0.1, 0.15) is 30.0 Å². The molecule has 0 aliphatic heterocycles. The van der Waals surface area contributed by atoms with Crippen LogP contribution in [0.15, 0.2) is 6.07 Å². The van der Waals surface area contributed by atoms with Crippen molar-refractivity contribution < 1.29 is 19.0 Å². The molecule has 0 bridgehead atoms. The Hall–Kier alpha value is -1.49. The number of aryl methyl sites for hydroxylation is 1. The van der Waals surface area contributed by atoms with Crippen molar-refractivity contribution in [1.82, 2.24) is 4.98 Å². The minimum atomic E-state index is -0.358. The summed E-state index contributed by atoms with van der Waals surface area (Å²) in [5.74, 6) is 0.330. The predicted octanol–water partition coefficient (Wildman–Crippen LogP) is 1.78. The molecule has 0 aliphatic carbocycles. The lowest BCUT2D eigenvalue weighted by Gasteiger charge is -2.04. The highest BCUT2D eigenvalue weighted by Gasteiger charge is 2.14. The first kappa shape index (κ1) is 13.6. The van der Waals surface area contributed by atoms with Gasteiger partial charge in [0.1, 0.15) is 18.1 Å². The molecule has 17 heavy (non-hydrogen) atoms. The molecule has 0 radical (unpaired) electrons. The van der Waals surface area contributed by atoms with Crippen LogP contribution in [0.2, 0.25) is 0 Å². The van der Waals surface area contributed by atoms with Gasteiger partial charge in [-0.25, -0.2) is 4.79 Å². The number of ether oxygens (including phenoxy) is 3. The number of aromatic nitrogens is 1. The van der Waals surface area contributed by atoms with Crippen LogP contribution in [0.5, 0.6) is 5.75 Å². The standard InChI is InChI=1S/C12H19NO4/c1-4-9-11(17-7-6-15-3)8-10(13-9)12(14)16-5-2/h8,13H,4-7H2,1-3H3. The van der Waals surface area contributed by atoms with Gasteiger partial charge in [-0.3, -0.25) is 0 Å². The van der Waals surface area contributed by atoms with Crippen molar-refractivity contribution >= 4 is 5.97 Å². The van der Waals surface area contributed by atoms with E-state index in [9.17, 15) is 4.79 Å². The highest BCUT2D eigenvalue weighted by Crippen LogP contribution is 2.21. The van der Waals surface area contributed by atoms with Gasteiger partial charge < -0.3 is 19.2 Å². The summed E-state index contributed by atoms with van der Waals surface area (Å²) in [5.41, 5.74) is 1.32. The van der Waals surface area contributed by atoms with Gasteiger partial charge in [0, 0.05) is 13.2 Å². The molecular weight excluding hydrogens is 222 g/mol. The first-order valence-corrected chi connectivity index (χ1v) is 5.73. The van der Waals surface area contributed by atoms with Gasteiger partial charge in [-0.1, -0.05) is 6.92 Å². The quantitative estimate of drug-likeness (QED) is 0.584. The third-order valence-corrected chi connectivity index (χ3v) is 2.25. The fourth-order valence-electron chi connectivity index (χ4n) is 1.42. The summed E-state index contributed by atoms with van der Waals surface area (Å²) >= 11 is 0. The summed E-state index contributed by atoms with van der Waals surface area (Å²) in [6.07, 6.45) is 0.766. The fourth-order valence-corrected chi connectivity index (χ4v) is 1.42. The summed E-state index contributed by atoms with van der Waals surface area (Å²) in [6.45, 7) is 5.10. The van der Waals surface area contributed by atoms with Crippen molar-refractivity contribution in [3.8, 4) is 5.75 Å². The molecular formula is C12H19NO4. The zero-order chi connectivity index (χ0) is 12.7. The van der Waals surface area contributed by atoms with Crippen molar-refractivity contribution in [3.05, 3.63) is 17.5 Å². The third kappa shape index (κ3) is 3.78. The maximum atomic E-state index is 11.5. The zero-order valence-corrected chi connectivity index (χ0v) is 10.5. The van der Waals surface area contributed by atoms with E-state index in [1.807, 2.05) is 6.92 Å². The van der Waals surface area contributed by atoms with E-state index >= 15 is 0 Å². The first-order chi connectivity index (χ1) is 8.22. The van der Waals surface area contributed by atoms with Gasteiger partial charge in [0.15, 0.2) is 0 Å². The number of esters is 1. The van der Waals surface area contributed by atoms with E-state index in [0.29, 0.717) is 31.3 Å². The number of hydrogen-bond donors (Lipinski definition) is 1. The lowest BCUT2D eigenvalue weighted by molar-refractivity contribution is 0.0520. The maximum absolute atomic E-state index is 11.5. The van der Waals surface area contributed by atoms with Gasteiger partial charge in [-0.15, -0.1) is 0 Å². The number of H-pyrrole nitrogens is 1. The molecule has 0 atom stereocenters. The van der Waals surface area contributed by atoms with Gasteiger partial charge in [0.2, 0.25) is 0 Å².